The zero-order valence-electron chi connectivity index (χ0n) is 15.2. The van der Waals surface area contributed by atoms with E-state index in [2.05, 4.69) is 36.8 Å². The highest BCUT2D eigenvalue weighted by Crippen LogP contribution is 2.29. The largest absolute Gasteiger partial charge is 0.469 e. The molecule has 0 aromatic heterocycles. The molecule has 0 amide bonds. The average molecular weight is 340 g/mol. The van der Waals surface area contributed by atoms with E-state index in [0.717, 1.165) is 29.5 Å². The van der Waals surface area contributed by atoms with Crippen molar-refractivity contribution in [3.63, 3.8) is 0 Å². The van der Waals surface area contributed by atoms with E-state index in [9.17, 15) is 9.59 Å². The molecule has 4 heteroatoms. The first-order valence-corrected chi connectivity index (χ1v) is 8.48. The van der Waals surface area contributed by atoms with Gasteiger partial charge in [0.25, 0.3) is 0 Å². The third-order valence-corrected chi connectivity index (χ3v) is 4.24. The summed E-state index contributed by atoms with van der Waals surface area (Å²) in [6.07, 6.45) is 1.32. The van der Waals surface area contributed by atoms with E-state index in [1.54, 1.807) is 6.07 Å². The summed E-state index contributed by atoms with van der Waals surface area (Å²) in [6, 6.07) is 12.2. The average Bonchev–Trinajstić information content (AvgIpc) is 2.62. The van der Waals surface area contributed by atoms with Gasteiger partial charge in [-0.2, -0.15) is 0 Å². The molecule has 2 aromatic carbocycles. The van der Waals surface area contributed by atoms with Crippen LogP contribution in [0.4, 0.5) is 0 Å². The number of hydrogen-bond donors (Lipinski definition) is 0. The molecule has 0 aliphatic heterocycles. The van der Waals surface area contributed by atoms with Gasteiger partial charge in [0.05, 0.1) is 7.11 Å². The second-order valence-corrected chi connectivity index (χ2v) is 5.90. The molecule has 0 heterocycles. The van der Waals surface area contributed by atoms with Crippen molar-refractivity contribution in [2.75, 3.05) is 7.11 Å². The lowest BCUT2D eigenvalue weighted by Gasteiger charge is -2.12. The molecule has 0 spiro atoms. The highest BCUT2D eigenvalue weighted by Gasteiger charge is 2.14. The first-order chi connectivity index (χ1) is 12.0. The number of carbonyl (C=O) groups is 2. The minimum Gasteiger partial charge on any atom is -0.469 e. The van der Waals surface area contributed by atoms with Crippen LogP contribution in [0, 0.1) is 6.92 Å². The smallest absolute Gasteiger partial charge is 0.322 e. The van der Waals surface area contributed by atoms with Crippen LogP contribution in [0.25, 0.3) is 11.1 Å². The zero-order valence-corrected chi connectivity index (χ0v) is 15.2. The lowest BCUT2D eigenvalue weighted by molar-refractivity contribution is -0.148. The summed E-state index contributed by atoms with van der Waals surface area (Å²) >= 11 is 0. The van der Waals surface area contributed by atoms with Crippen LogP contribution in [0.1, 0.15) is 37.0 Å². The molecular formula is C21H24O4. The van der Waals surface area contributed by atoms with E-state index in [1.165, 1.54) is 18.2 Å². The molecule has 0 aliphatic rings. The maximum atomic E-state index is 11.8. The second kappa shape index (κ2) is 8.47. The van der Waals surface area contributed by atoms with Crippen molar-refractivity contribution in [1.29, 1.82) is 0 Å². The lowest BCUT2D eigenvalue weighted by Crippen LogP contribution is -2.15. The second-order valence-electron chi connectivity index (χ2n) is 5.90. The lowest BCUT2D eigenvalue weighted by atomic mass is 9.96. The van der Waals surface area contributed by atoms with Crippen LogP contribution in [0.5, 0.6) is 5.75 Å². The molecule has 25 heavy (non-hydrogen) atoms. The highest BCUT2D eigenvalue weighted by molar-refractivity contribution is 5.92. The number of methoxy groups -OCH3 is 1. The molecular weight excluding hydrogens is 316 g/mol. The molecule has 4 nitrogen and oxygen atoms in total. The van der Waals surface area contributed by atoms with Gasteiger partial charge in [0.1, 0.15) is 12.2 Å². The highest BCUT2D eigenvalue weighted by atomic mass is 16.5. The van der Waals surface area contributed by atoms with Crippen molar-refractivity contribution in [3.05, 3.63) is 53.1 Å². The maximum absolute atomic E-state index is 11.8. The Bertz CT molecular complexity index is 777. The molecule has 0 fully saturated rings. The molecule has 2 aromatic rings. The Kier molecular flexibility index (Phi) is 6.34. The van der Waals surface area contributed by atoms with Crippen molar-refractivity contribution in [1.82, 2.24) is 0 Å². The summed E-state index contributed by atoms with van der Waals surface area (Å²) in [5.41, 5.74) is 5.76. The van der Waals surface area contributed by atoms with E-state index in [-0.39, 0.29) is 6.42 Å². The summed E-state index contributed by atoms with van der Waals surface area (Å²) in [5.74, 6) is -0.729. The number of carbonyl (C=O) groups excluding carboxylic acids is 2. The fourth-order valence-corrected chi connectivity index (χ4v) is 2.72. The maximum Gasteiger partial charge on any atom is 0.322 e. The Morgan fingerprint density at radius 3 is 2.08 bits per heavy atom. The van der Waals surface area contributed by atoms with E-state index < -0.39 is 11.9 Å². The monoisotopic (exact) mass is 340 g/mol. The first-order valence-electron chi connectivity index (χ1n) is 8.48. The van der Waals surface area contributed by atoms with Gasteiger partial charge in [0.15, 0.2) is 0 Å². The molecule has 0 bridgehead atoms. The van der Waals surface area contributed by atoms with Gasteiger partial charge in [0, 0.05) is 0 Å². The number of benzene rings is 2. The van der Waals surface area contributed by atoms with Crippen LogP contribution in [0.15, 0.2) is 36.4 Å². The molecule has 0 aliphatic carbocycles. The summed E-state index contributed by atoms with van der Waals surface area (Å²) in [5, 5.41) is 0. The fourth-order valence-electron chi connectivity index (χ4n) is 2.72. The Morgan fingerprint density at radius 2 is 1.48 bits per heavy atom. The summed E-state index contributed by atoms with van der Waals surface area (Å²) in [7, 11) is 1.24. The molecule has 0 unspecified atom stereocenters. The summed E-state index contributed by atoms with van der Waals surface area (Å²) < 4.78 is 9.81. The fraction of sp³-hybridized carbons (Fsp3) is 0.333. The Balaban J connectivity index is 2.27. The minimum absolute atomic E-state index is 0.390. The normalized spacial score (nSPS) is 10.4. The van der Waals surface area contributed by atoms with Crippen LogP contribution in [-0.4, -0.2) is 19.0 Å². The summed E-state index contributed by atoms with van der Waals surface area (Å²) in [4.78, 5) is 23.0. The number of hydrogen-bond acceptors (Lipinski definition) is 4. The zero-order chi connectivity index (χ0) is 18.4. The van der Waals surface area contributed by atoms with E-state index in [4.69, 9.17) is 4.74 Å². The van der Waals surface area contributed by atoms with Crippen molar-refractivity contribution in [2.45, 2.75) is 40.0 Å². The third-order valence-electron chi connectivity index (χ3n) is 4.24. The summed E-state index contributed by atoms with van der Waals surface area (Å²) in [6.45, 7) is 6.26. The van der Waals surface area contributed by atoms with Crippen LogP contribution in [0.3, 0.4) is 0 Å². The molecule has 0 atom stereocenters. The van der Waals surface area contributed by atoms with E-state index in [1.807, 2.05) is 19.1 Å². The van der Waals surface area contributed by atoms with Crippen LogP contribution in [-0.2, 0) is 27.2 Å². The SMILES string of the molecule is CCc1cc(-c2ccc(OC(=O)CC(=O)OC)c(CC)c2)ccc1C. The number of esters is 2. The van der Waals surface area contributed by atoms with Crippen molar-refractivity contribution < 1.29 is 19.1 Å². The minimum atomic E-state index is -0.613. The van der Waals surface area contributed by atoms with Crippen LogP contribution >= 0.6 is 0 Å². The van der Waals surface area contributed by atoms with Gasteiger partial charge in [-0.05, 0) is 59.7 Å². The van der Waals surface area contributed by atoms with Gasteiger partial charge in [-0.3, -0.25) is 9.59 Å². The molecule has 0 radical (unpaired) electrons. The molecule has 0 saturated carbocycles. The standard InChI is InChI=1S/C21H24O4/c1-5-15-11-17(8-7-14(15)3)18-9-10-19(16(6-2)12-18)25-21(23)13-20(22)24-4/h7-12H,5-6,13H2,1-4H3. The Morgan fingerprint density at radius 1 is 0.880 bits per heavy atom. The van der Waals surface area contributed by atoms with Gasteiger partial charge >= 0.3 is 11.9 Å². The van der Waals surface area contributed by atoms with Crippen molar-refractivity contribution in [3.8, 4) is 16.9 Å². The quantitative estimate of drug-likeness (QED) is 0.448. The van der Waals surface area contributed by atoms with Crippen molar-refractivity contribution >= 4 is 11.9 Å². The Labute approximate surface area is 148 Å². The number of rotatable bonds is 6. The Hall–Kier alpha value is -2.62. The van der Waals surface area contributed by atoms with Gasteiger partial charge in [-0.15, -0.1) is 0 Å². The number of ether oxygens (including phenoxy) is 2. The van der Waals surface area contributed by atoms with Gasteiger partial charge in [-0.1, -0.05) is 38.1 Å². The van der Waals surface area contributed by atoms with Crippen molar-refractivity contribution in [2.24, 2.45) is 0 Å². The van der Waals surface area contributed by atoms with Gasteiger partial charge < -0.3 is 9.47 Å². The topological polar surface area (TPSA) is 52.6 Å². The van der Waals surface area contributed by atoms with Crippen LogP contribution < -0.4 is 4.74 Å². The van der Waals surface area contributed by atoms with Gasteiger partial charge in [0.2, 0.25) is 0 Å². The molecule has 0 saturated heterocycles. The predicted octanol–water partition coefficient (Wildman–Crippen LogP) is 4.26. The first kappa shape index (κ1) is 18.7. The van der Waals surface area contributed by atoms with E-state index >= 15 is 0 Å². The van der Waals surface area contributed by atoms with E-state index in [0.29, 0.717) is 5.75 Å². The molecule has 0 N–H and O–H groups in total. The van der Waals surface area contributed by atoms with Gasteiger partial charge in [-0.25, -0.2) is 0 Å². The predicted molar refractivity (Wildman–Crippen MR) is 97.6 cm³/mol. The third kappa shape index (κ3) is 4.69. The molecule has 2 rings (SSSR count). The van der Waals surface area contributed by atoms with Crippen LogP contribution in [0.2, 0.25) is 0 Å². The number of aryl methyl sites for hydroxylation is 3. The molecule has 132 valence electrons.